The number of benzene rings is 2. The molecule has 0 saturated heterocycles. The lowest BCUT2D eigenvalue weighted by molar-refractivity contribution is 0.414. The molecule has 3 heteroatoms. The summed E-state index contributed by atoms with van der Waals surface area (Å²) in [5, 5.41) is 11.0. The monoisotopic (exact) mass is 261 g/mol. The van der Waals surface area contributed by atoms with Gasteiger partial charge in [-0.05, 0) is 23.6 Å². The van der Waals surface area contributed by atoms with Crippen LogP contribution in [-0.4, -0.2) is 7.11 Å². The molecule has 0 spiro atoms. The second-order valence-corrected chi connectivity index (χ2v) is 4.04. The van der Waals surface area contributed by atoms with Gasteiger partial charge in [-0.2, -0.15) is 5.26 Å². The molecule has 15 heavy (non-hydrogen) atoms. The first-order chi connectivity index (χ1) is 7.26. The van der Waals surface area contributed by atoms with Crippen molar-refractivity contribution in [3.05, 3.63) is 40.4 Å². The van der Waals surface area contributed by atoms with Crippen molar-refractivity contribution in [3.63, 3.8) is 0 Å². The highest BCUT2D eigenvalue weighted by Gasteiger charge is 2.07. The summed E-state index contributed by atoms with van der Waals surface area (Å²) in [6.07, 6.45) is 0. The van der Waals surface area contributed by atoms with Crippen LogP contribution in [0.4, 0.5) is 0 Å². The summed E-state index contributed by atoms with van der Waals surface area (Å²) >= 11 is 3.40. The molecule has 0 atom stereocenters. The van der Waals surface area contributed by atoms with Crippen LogP contribution < -0.4 is 4.74 Å². The standard InChI is InChI=1S/C12H8BrNO/c1-15-12-5-2-8-6-9(13)3-4-10(8)11(12)7-14/h2-6H,1H3. The van der Waals surface area contributed by atoms with Gasteiger partial charge in [-0.1, -0.05) is 28.1 Å². The Balaban J connectivity index is 2.84. The molecule has 0 aromatic heterocycles. The third kappa shape index (κ3) is 1.69. The Labute approximate surface area is 96.2 Å². The maximum atomic E-state index is 9.08. The summed E-state index contributed by atoms with van der Waals surface area (Å²) in [5.41, 5.74) is 0.586. The molecule has 0 N–H and O–H groups in total. The Bertz CT molecular complexity index is 557. The van der Waals surface area contributed by atoms with E-state index in [2.05, 4.69) is 22.0 Å². The fourth-order valence-electron chi connectivity index (χ4n) is 1.57. The number of ether oxygens (including phenoxy) is 1. The Kier molecular flexibility index (Phi) is 2.61. The summed E-state index contributed by atoms with van der Waals surface area (Å²) in [5.74, 6) is 0.618. The van der Waals surface area contributed by atoms with Gasteiger partial charge in [0.05, 0.1) is 7.11 Å². The van der Waals surface area contributed by atoms with Gasteiger partial charge >= 0.3 is 0 Å². The summed E-state index contributed by atoms with van der Waals surface area (Å²) in [7, 11) is 1.57. The van der Waals surface area contributed by atoms with Crippen molar-refractivity contribution in [3.8, 4) is 11.8 Å². The van der Waals surface area contributed by atoms with E-state index in [-0.39, 0.29) is 0 Å². The minimum atomic E-state index is 0.586. The molecule has 0 bridgehead atoms. The quantitative estimate of drug-likeness (QED) is 0.788. The molecule has 0 amide bonds. The molecule has 0 heterocycles. The minimum Gasteiger partial charge on any atom is -0.495 e. The normalized spacial score (nSPS) is 9.93. The predicted octanol–water partition coefficient (Wildman–Crippen LogP) is 3.48. The van der Waals surface area contributed by atoms with Crippen LogP contribution in [0.3, 0.4) is 0 Å². The van der Waals surface area contributed by atoms with Gasteiger partial charge in [0, 0.05) is 9.86 Å². The Hall–Kier alpha value is -1.53. The number of hydrogen-bond donors (Lipinski definition) is 0. The summed E-state index contributed by atoms with van der Waals surface area (Å²) in [4.78, 5) is 0. The largest absolute Gasteiger partial charge is 0.495 e. The first-order valence-electron chi connectivity index (χ1n) is 4.42. The van der Waals surface area contributed by atoms with Crippen molar-refractivity contribution in [1.29, 1.82) is 5.26 Å². The smallest absolute Gasteiger partial charge is 0.137 e. The third-order valence-corrected chi connectivity index (χ3v) is 2.77. The Morgan fingerprint density at radius 2 is 2.07 bits per heavy atom. The molecular weight excluding hydrogens is 254 g/mol. The fourth-order valence-corrected chi connectivity index (χ4v) is 1.94. The van der Waals surface area contributed by atoms with Crippen molar-refractivity contribution >= 4 is 26.7 Å². The minimum absolute atomic E-state index is 0.586. The highest BCUT2D eigenvalue weighted by Crippen LogP contribution is 2.28. The Morgan fingerprint density at radius 3 is 2.73 bits per heavy atom. The van der Waals surface area contributed by atoms with E-state index >= 15 is 0 Å². The third-order valence-electron chi connectivity index (χ3n) is 2.28. The zero-order valence-electron chi connectivity index (χ0n) is 8.12. The molecule has 0 radical (unpaired) electrons. The van der Waals surface area contributed by atoms with Gasteiger partial charge in [-0.3, -0.25) is 0 Å². The molecule has 2 nitrogen and oxygen atoms in total. The van der Waals surface area contributed by atoms with E-state index < -0.39 is 0 Å². The molecule has 2 rings (SSSR count). The molecule has 0 aliphatic carbocycles. The van der Waals surface area contributed by atoms with Crippen LogP contribution in [0.5, 0.6) is 5.75 Å². The maximum Gasteiger partial charge on any atom is 0.137 e. The van der Waals surface area contributed by atoms with E-state index in [0.717, 1.165) is 15.2 Å². The van der Waals surface area contributed by atoms with Crippen molar-refractivity contribution in [2.45, 2.75) is 0 Å². The average molecular weight is 262 g/mol. The van der Waals surface area contributed by atoms with Crippen LogP contribution in [0.25, 0.3) is 10.8 Å². The average Bonchev–Trinajstić information content (AvgIpc) is 2.27. The number of methoxy groups -OCH3 is 1. The van der Waals surface area contributed by atoms with Crippen molar-refractivity contribution in [2.75, 3.05) is 7.11 Å². The number of nitrogens with zero attached hydrogens (tertiary/aromatic N) is 1. The molecule has 74 valence electrons. The van der Waals surface area contributed by atoms with E-state index in [4.69, 9.17) is 10.00 Å². The van der Waals surface area contributed by atoms with Crippen LogP contribution in [-0.2, 0) is 0 Å². The van der Waals surface area contributed by atoms with E-state index in [9.17, 15) is 0 Å². The van der Waals surface area contributed by atoms with Gasteiger partial charge in [0.2, 0.25) is 0 Å². The van der Waals surface area contributed by atoms with Gasteiger partial charge in [0.25, 0.3) is 0 Å². The van der Waals surface area contributed by atoms with Gasteiger partial charge in [0.15, 0.2) is 0 Å². The number of halogens is 1. The Morgan fingerprint density at radius 1 is 1.27 bits per heavy atom. The van der Waals surface area contributed by atoms with Crippen LogP contribution in [0.2, 0.25) is 0 Å². The molecule has 0 unspecified atom stereocenters. The zero-order chi connectivity index (χ0) is 10.8. The number of nitriles is 1. The highest BCUT2D eigenvalue weighted by molar-refractivity contribution is 9.10. The topological polar surface area (TPSA) is 33.0 Å². The van der Waals surface area contributed by atoms with E-state index in [1.165, 1.54) is 0 Å². The SMILES string of the molecule is COc1ccc2cc(Br)ccc2c1C#N. The molecule has 0 aliphatic heterocycles. The predicted molar refractivity (Wildman–Crippen MR) is 62.9 cm³/mol. The van der Waals surface area contributed by atoms with Crippen LogP contribution in [0.1, 0.15) is 5.56 Å². The lowest BCUT2D eigenvalue weighted by Gasteiger charge is -2.06. The number of fused-ring (bicyclic) bond motifs is 1. The lowest BCUT2D eigenvalue weighted by Crippen LogP contribution is -1.89. The van der Waals surface area contributed by atoms with Gasteiger partial charge in [-0.15, -0.1) is 0 Å². The second kappa shape index (κ2) is 3.92. The molecule has 2 aromatic rings. The summed E-state index contributed by atoms with van der Waals surface area (Å²) in [6.45, 7) is 0. The molecule has 0 fully saturated rings. The van der Waals surface area contributed by atoms with Crippen molar-refractivity contribution < 1.29 is 4.74 Å². The van der Waals surface area contributed by atoms with E-state index in [0.29, 0.717) is 11.3 Å². The van der Waals surface area contributed by atoms with E-state index in [1.54, 1.807) is 7.11 Å². The fraction of sp³-hybridized carbons (Fsp3) is 0.0833. The second-order valence-electron chi connectivity index (χ2n) is 3.12. The summed E-state index contributed by atoms with van der Waals surface area (Å²) in [6, 6.07) is 11.7. The van der Waals surface area contributed by atoms with Crippen LogP contribution >= 0.6 is 15.9 Å². The zero-order valence-corrected chi connectivity index (χ0v) is 9.71. The van der Waals surface area contributed by atoms with Gasteiger partial charge in [0.1, 0.15) is 17.4 Å². The highest BCUT2D eigenvalue weighted by atomic mass is 79.9. The van der Waals surface area contributed by atoms with E-state index in [1.807, 2.05) is 30.3 Å². The van der Waals surface area contributed by atoms with Crippen LogP contribution in [0, 0.1) is 11.3 Å². The van der Waals surface area contributed by atoms with Gasteiger partial charge < -0.3 is 4.74 Å². The molecule has 0 saturated carbocycles. The summed E-state index contributed by atoms with van der Waals surface area (Å²) < 4.78 is 6.14. The molecule has 2 aromatic carbocycles. The number of rotatable bonds is 1. The van der Waals surface area contributed by atoms with Crippen molar-refractivity contribution in [2.24, 2.45) is 0 Å². The van der Waals surface area contributed by atoms with Gasteiger partial charge in [-0.25, -0.2) is 0 Å². The number of hydrogen-bond acceptors (Lipinski definition) is 2. The van der Waals surface area contributed by atoms with Crippen molar-refractivity contribution in [1.82, 2.24) is 0 Å². The molecular formula is C12H8BrNO. The van der Waals surface area contributed by atoms with Crippen LogP contribution in [0.15, 0.2) is 34.8 Å². The first kappa shape index (κ1) is 10.0. The first-order valence-corrected chi connectivity index (χ1v) is 5.22. The maximum absolute atomic E-state index is 9.08. The molecule has 0 aliphatic rings. The lowest BCUT2D eigenvalue weighted by atomic mass is 10.0.